The minimum Gasteiger partial charge on any atom is -0.233 e. The van der Waals surface area contributed by atoms with Gasteiger partial charge in [-0.15, -0.1) is 0 Å². The zero-order valence-electron chi connectivity index (χ0n) is 16.3. The van der Waals surface area contributed by atoms with E-state index in [0.29, 0.717) is 17.4 Å². The predicted molar refractivity (Wildman–Crippen MR) is 109 cm³/mol. The van der Waals surface area contributed by atoms with Gasteiger partial charge in [0, 0.05) is 11.8 Å². The Morgan fingerprint density at radius 3 is 1.38 bits per heavy atom. The molecule has 0 amide bonds. The molecule has 0 aliphatic rings. The Morgan fingerprint density at radius 1 is 0.594 bits per heavy atom. The Hall–Kier alpha value is -5.68. The second-order valence-corrected chi connectivity index (χ2v) is 6.23. The van der Waals surface area contributed by atoms with E-state index in [4.69, 9.17) is 0 Å². The third kappa shape index (κ3) is 2.83. The average molecular weight is 410 g/mol. The standard InChI is InChI=1S/C22H6N10/c1-2-3-4-11-5-12-18(28-13(11)6-23)20-22(32-17(10-27)16(9-26)31-20)21-19(12)29-14(7-24)15(8-25)30-21/h5H,2H2,1H3. The Labute approximate surface area is 180 Å². The molecular weight excluding hydrogens is 404 g/mol. The molecule has 0 aliphatic carbocycles. The summed E-state index contributed by atoms with van der Waals surface area (Å²) in [5, 5.41) is 47.5. The third-order valence-corrected chi connectivity index (χ3v) is 4.45. The van der Waals surface area contributed by atoms with Crippen molar-refractivity contribution < 1.29 is 0 Å². The summed E-state index contributed by atoms with van der Waals surface area (Å²) in [6.07, 6.45) is 0.555. The molecule has 0 atom stereocenters. The van der Waals surface area contributed by atoms with Gasteiger partial charge in [0.05, 0.1) is 5.56 Å². The van der Waals surface area contributed by atoms with Crippen LogP contribution in [-0.4, -0.2) is 24.9 Å². The van der Waals surface area contributed by atoms with Gasteiger partial charge < -0.3 is 0 Å². The summed E-state index contributed by atoms with van der Waals surface area (Å²) in [5.74, 6) is 5.76. The van der Waals surface area contributed by atoms with Crippen LogP contribution in [0.5, 0.6) is 0 Å². The lowest BCUT2D eigenvalue weighted by molar-refractivity contribution is 1.17. The molecule has 0 N–H and O–H groups in total. The van der Waals surface area contributed by atoms with Crippen molar-refractivity contribution in [2.45, 2.75) is 13.3 Å². The van der Waals surface area contributed by atoms with Crippen molar-refractivity contribution in [2.75, 3.05) is 0 Å². The van der Waals surface area contributed by atoms with Gasteiger partial charge in [0.25, 0.3) is 0 Å². The van der Waals surface area contributed by atoms with Gasteiger partial charge in [0.2, 0.25) is 0 Å². The van der Waals surface area contributed by atoms with Gasteiger partial charge in [0.1, 0.15) is 57.9 Å². The molecule has 3 aromatic heterocycles. The third-order valence-electron chi connectivity index (χ3n) is 4.45. The van der Waals surface area contributed by atoms with Crippen LogP contribution in [-0.2, 0) is 0 Å². The molecule has 0 unspecified atom stereocenters. The lowest BCUT2D eigenvalue weighted by Crippen LogP contribution is -2.04. The normalized spacial score (nSPS) is 9.75. The SMILES string of the molecule is CCC#Cc1cc2c(nc1C#N)c1nc(C#N)c(C#N)nc1c1nc(C#N)c(C#N)nc21. The van der Waals surface area contributed by atoms with E-state index in [9.17, 15) is 26.3 Å². The van der Waals surface area contributed by atoms with Crippen LogP contribution in [0, 0.1) is 68.5 Å². The second kappa shape index (κ2) is 7.62. The highest BCUT2D eigenvalue weighted by molar-refractivity contribution is 6.19. The zero-order valence-corrected chi connectivity index (χ0v) is 16.3. The molecule has 0 radical (unpaired) electrons. The number of hydrogen-bond acceptors (Lipinski definition) is 10. The van der Waals surface area contributed by atoms with Crippen molar-refractivity contribution in [3.8, 4) is 42.2 Å². The maximum atomic E-state index is 9.58. The molecule has 4 aromatic rings. The first-order chi connectivity index (χ1) is 15.6. The molecule has 0 saturated heterocycles. The van der Waals surface area contributed by atoms with E-state index < -0.39 is 0 Å². The van der Waals surface area contributed by atoms with E-state index in [1.807, 2.05) is 31.2 Å². The van der Waals surface area contributed by atoms with Crippen LogP contribution in [0.2, 0.25) is 0 Å². The van der Waals surface area contributed by atoms with Crippen molar-refractivity contribution in [1.82, 2.24) is 24.9 Å². The fourth-order valence-corrected chi connectivity index (χ4v) is 3.10. The first kappa shape index (κ1) is 19.6. The molecule has 0 fully saturated rings. The van der Waals surface area contributed by atoms with Gasteiger partial charge in [-0.05, 0) is 6.07 Å². The van der Waals surface area contributed by atoms with Gasteiger partial charge in [-0.1, -0.05) is 18.8 Å². The Bertz CT molecular complexity index is 1720. The van der Waals surface area contributed by atoms with Gasteiger partial charge in [-0.2, -0.15) is 26.3 Å². The summed E-state index contributed by atoms with van der Waals surface area (Å²) >= 11 is 0. The van der Waals surface area contributed by atoms with Crippen LogP contribution in [0.25, 0.3) is 33.0 Å². The number of nitriles is 5. The van der Waals surface area contributed by atoms with Crippen LogP contribution in [0.15, 0.2) is 6.07 Å². The average Bonchev–Trinajstić information content (AvgIpc) is 2.85. The highest BCUT2D eigenvalue weighted by atomic mass is 14.9. The molecule has 0 aliphatic heterocycles. The molecule has 10 heteroatoms. The van der Waals surface area contributed by atoms with Crippen LogP contribution in [0.4, 0.5) is 0 Å². The van der Waals surface area contributed by atoms with Crippen LogP contribution >= 0.6 is 0 Å². The van der Waals surface area contributed by atoms with Crippen molar-refractivity contribution in [2.24, 2.45) is 0 Å². The molecule has 0 saturated carbocycles. The monoisotopic (exact) mass is 410 g/mol. The number of nitrogens with zero attached hydrogens (tertiary/aromatic N) is 10. The smallest absolute Gasteiger partial charge is 0.177 e. The summed E-state index contributed by atoms with van der Waals surface area (Å²) < 4.78 is 0. The number of hydrogen-bond donors (Lipinski definition) is 0. The maximum Gasteiger partial charge on any atom is 0.177 e. The van der Waals surface area contributed by atoms with E-state index in [1.54, 1.807) is 12.1 Å². The fourth-order valence-electron chi connectivity index (χ4n) is 3.10. The first-order valence-corrected chi connectivity index (χ1v) is 8.99. The van der Waals surface area contributed by atoms with Gasteiger partial charge in [-0.3, -0.25) is 0 Å². The summed E-state index contributed by atoms with van der Waals surface area (Å²) in [7, 11) is 0. The van der Waals surface area contributed by atoms with Crippen molar-refractivity contribution >= 4 is 33.0 Å². The fraction of sp³-hybridized carbons (Fsp3) is 0.0909. The van der Waals surface area contributed by atoms with Gasteiger partial charge >= 0.3 is 0 Å². The van der Waals surface area contributed by atoms with E-state index in [-0.39, 0.29) is 56.1 Å². The number of rotatable bonds is 0. The predicted octanol–water partition coefficient (Wildman–Crippen LogP) is 2.24. The van der Waals surface area contributed by atoms with Crippen molar-refractivity contribution in [3.05, 3.63) is 40.1 Å². The van der Waals surface area contributed by atoms with Gasteiger partial charge in [0.15, 0.2) is 28.5 Å². The molecule has 3 heterocycles. The summed E-state index contributed by atoms with van der Waals surface area (Å²) in [6, 6.07) is 10.8. The van der Waals surface area contributed by atoms with E-state index >= 15 is 0 Å². The summed E-state index contributed by atoms with van der Waals surface area (Å²) in [4.78, 5) is 21.4. The molecule has 0 bridgehead atoms. The quantitative estimate of drug-likeness (QED) is 0.307. The van der Waals surface area contributed by atoms with Gasteiger partial charge in [-0.25, -0.2) is 24.9 Å². The number of aromatic nitrogens is 5. The molecule has 10 nitrogen and oxygen atoms in total. The van der Waals surface area contributed by atoms with E-state index in [0.717, 1.165) is 0 Å². The Morgan fingerprint density at radius 2 is 0.969 bits per heavy atom. The molecule has 4 rings (SSSR count). The van der Waals surface area contributed by atoms with Crippen molar-refractivity contribution in [3.63, 3.8) is 0 Å². The molecule has 144 valence electrons. The highest BCUT2D eigenvalue weighted by Crippen LogP contribution is 2.32. The van der Waals surface area contributed by atoms with Crippen LogP contribution < -0.4 is 0 Å². The lowest BCUT2D eigenvalue weighted by atomic mass is 10.1. The Kier molecular flexibility index (Phi) is 4.68. The van der Waals surface area contributed by atoms with Crippen LogP contribution in [0.1, 0.15) is 47.4 Å². The Balaban J connectivity index is 2.37. The maximum absolute atomic E-state index is 9.58. The van der Waals surface area contributed by atoms with E-state index in [2.05, 4.69) is 36.8 Å². The van der Waals surface area contributed by atoms with E-state index in [1.165, 1.54) is 0 Å². The molecule has 0 spiro atoms. The minimum atomic E-state index is -0.240. The highest BCUT2D eigenvalue weighted by Gasteiger charge is 2.21. The van der Waals surface area contributed by atoms with Crippen molar-refractivity contribution in [1.29, 1.82) is 26.3 Å². The largest absolute Gasteiger partial charge is 0.233 e. The van der Waals surface area contributed by atoms with Crippen LogP contribution in [0.3, 0.4) is 0 Å². The number of benzene rings is 1. The summed E-state index contributed by atoms with van der Waals surface area (Å²) in [6.45, 7) is 1.86. The summed E-state index contributed by atoms with van der Waals surface area (Å²) in [5.41, 5.74) is 0.140. The minimum absolute atomic E-state index is 0.0332. The second-order valence-electron chi connectivity index (χ2n) is 6.23. The molecular formula is C22H6N10. The lowest BCUT2D eigenvalue weighted by Gasteiger charge is -2.10. The number of pyridine rings is 1. The topological polar surface area (TPSA) is 183 Å². The number of fused-ring (bicyclic) bond motifs is 6. The zero-order chi connectivity index (χ0) is 22.8. The first-order valence-electron chi connectivity index (χ1n) is 8.99. The molecule has 1 aromatic carbocycles. The molecule has 32 heavy (non-hydrogen) atoms.